The molecule has 1 heterocycles. The summed E-state index contributed by atoms with van der Waals surface area (Å²) in [7, 11) is 0. The van der Waals surface area contributed by atoms with E-state index in [0.717, 1.165) is 37.8 Å². The van der Waals surface area contributed by atoms with Gasteiger partial charge >= 0.3 is 0 Å². The molecule has 0 bridgehead atoms. The predicted octanol–water partition coefficient (Wildman–Crippen LogP) is 2.48. The van der Waals surface area contributed by atoms with Crippen LogP contribution < -0.4 is 5.43 Å². The Balaban J connectivity index is 2.04. The molecule has 114 valence electrons. The number of hydrogen-bond acceptors (Lipinski definition) is 5. The van der Waals surface area contributed by atoms with Gasteiger partial charge in [-0.05, 0) is 25.0 Å². The van der Waals surface area contributed by atoms with Crippen LogP contribution in [0.3, 0.4) is 0 Å². The molecule has 3 rings (SSSR count). The molecule has 1 aromatic heterocycles. The van der Waals surface area contributed by atoms with Gasteiger partial charge in [-0.1, -0.05) is 19.3 Å². The molecule has 1 aromatic rings. The Morgan fingerprint density at radius 3 is 2.41 bits per heavy atom. The zero-order chi connectivity index (χ0) is 15.7. The molecule has 0 atom stereocenters. The summed E-state index contributed by atoms with van der Waals surface area (Å²) in [6, 6.07) is 1.33. The summed E-state index contributed by atoms with van der Waals surface area (Å²) >= 11 is 0. The van der Waals surface area contributed by atoms with Crippen LogP contribution in [0.1, 0.15) is 49.5 Å². The smallest absolute Gasteiger partial charge is 0.227 e. The SMILES string of the molecule is O=C1C=CC(c2oc(C3CCCCC3)cc(=O)c2O)=CC1=O. The van der Waals surface area contributed by atoms with Crippen molar-refractivity contribution in [3.63, 3.8) is 0 Å². The van der Waals surface area contributed by atoms with Gasteiger partial charge in [-0.3, -0.25) is 14.4 Å². The van der Waals surface area contributed by atoms with Crippen LogP contribution in [-0.4, -0.2) is 16.7 Å². The highest BCUT2D eigenvalue weighted by atomic mass is 16.4. The first-order valence-corrected chi connectivity index (χ1v) is 7.41. The summed E-state index contributed by atoms with van der Waals surface area (Å²) in [5, 5.41) is 9.95. The average molecular weight is 300 g/mol. The Labute approximate surface area is 127 Å². The van der Waals surface area contributed by atoms with Crippen molar-refractivity contribution < 1.29 is 19.1 Å². The normalized spacial score (nSPS) is 19.4. The fourth-order valence-corrected chi connectivity index (χ4v) is 2.94. The highest BCUT2D eigenvalue weighted by Gasteiger charge is 2.24. The zero-order valence-electron chi connectivity index (χ0n) is 12.0. The Morgan fingerprint density at radius 1 is 1.00 bits per heavy atom. The Bertz CT molecular complexity index is 745. The largest absolute Gasteiger partial charge is 0.502 e. The van der Waals surface area contributed by atoms with Crippen LogP contribution in [0, 0.1) is 0 Å². The lowest BCUT2D eigenvalue weighted by molar-refractivity contribution is -0.131. The van der Waals surface area contributed by atoms with Crippen molar-refractivity contribution in [3.05, 3.63) is 46.0 Å². The molecular formula is C17H16O5. The van der Waals surface area contributed by atoms with E-state index >= 15 is 0 Å². The number of ketones is 2. The van der Waals surface area contributed by atoms with Crippen molar-refractivity contribution >= 4 is 17.1 Å². The third-order valence-electron chi connectivity index (χ3n) is 4.16. The number of aromatic hydroxyl groups is 1. The lowest BCUT2D eigenvalue weighted by atomic mass is 9.87. The maximum atomic E-state index is 12.0. The van der Waals surface area contributed by atoms with Crippen molar-refractivity contribution in [2.75, 3.05) is 0 Å². The highest BCUT2D eigenvalue weighted by Crippen LogP contribution is 2.35. The fraction of sp³-hybridized carbons (Fsp3) is 0.353. The third-order valence-corrected chi connectivity index (χ3v) is 4.16. The van der Waals surface area contributed by atoms with Crippen molar-refractivity contribution in [2.45, 2.75) is 38.0 Å². The quantitative estimate of drug-likeness (QED) is 0.670. The minimum absolute atomic E-state index is 0.0369. The summed E-state index contributed by atoms with van der Waals surface area (Å²) < 4.78 is 5.72. The summed E-state index contributed by atoms with van der Waals surface area (Å²) in [6.45, 7) is 0. The van der Waals surface area contributed by atoms with Crippen LogP contribution in [0.2, 0.25) is 0 Å². The molecule has 5 heteroatoms. The van der Waals surface area contributed by atoms with E-state index < -0.39 is 22.7 Å². The number of carbonyl (C=O) groups excluding carboxylic acids is 2. The van der Waals surface area contributed by atoms with Crippen LogP contribution in [0.15, 0.2) is 33.5 Å². The van der Waals surface area contributed by atoms with Gasteiger partial charge in [0.1, 0.15) is 5.76 Å². The topological polar surface area (TPSA) is 84.6 Å². The van der Waals surface area contributed by atoms with Crippen LogP contribution >= 0.6 is 0 Å². The van der Waals surface area contributed by atoms with Gasteiger partial charge in [0.05, 0.1) is 0 Å². The van der Waals surface area contributed by atoms with Gasteiger partial charge in [-0.25, -0.2) is 0 Å². The van der Waals surface area contributed by atoms with Crippen LogP contribution in [0.25, 0.3) is 5.57 Å². The monoisotopic (exact) mass is 300 g/mol. The first-order valence-electron chi connectivity index (χ1n) is 7.41. The van der Waals surface area contributed by atoms with Crippen molar-refractivity contribution in [2.24, 2.45) is 0 Å². The van der Waals surface area contributed by atoms with Crippen molar-refractivity contribution in [3.8, 4) is 5.75 Å². The first-order chi connectivity index (χ1) is 10.6. The molecular weight excluding hydrogens is 284 g/mol. The van der Waals surface area contributed by atoms with E-state index in [1.54, 1.807) is 0 Å². The molecule has 0 aromatic carbocycles. The van der Waals surface area contributed by atoms with Gasteiger partial charge < -0.3 is 9.52 Å². The fourth-order valence-electron chi connectivity index (χ4n) is 2.94. The summed E-state index contributed by atoms with van der Waals surface area (Å²) in [4.78, 5) is 34.7. The Kier molecular flexibility index (Phi) is 3.79. The summed E-state index contributed by atoms with van der Waals surface area (Å²) in [5.74, 6) is -1.19. The molecule has 0 spiro atoms. The van der Waals surface area contributed by atoms with Crippen LogP contribution in [-0.2, 0) is 9.59 Å². The summed E-state index contributed by atoms with van der Waals surface area (Å²) in [5.41, 5.74) is -0.280. The van der Waals surface area contributed by atoms with E-state index in [9.17, 15) is 19.5 Å². The van der Waals surface area contributed by atoms with Gasteiger partial charge in [0.2, 0.25) is 22.7 Å². The molecule has 22 heavy (non-hydrogen) atoms. The standard InChI is InChI=1S/C17H16O5/c18-12-7-6-11(8-13(12)19)17-16(21)14(20)9-15(22-17)10-4-2-1-3-5-10/h6-10,21H,1-5H2. The molecule has 0 radical (unpaired) electrons. The minimum Gasteiger partial charge on any atom is -0.502 e. The molecule has 0 aliphatic heterocycles. The molecule has 0 unspecified atom stereocenters. The second kappa shape index (κ2) is 5.75. The van der Waals surface area contributed by atoms with Gasteiger partial charge in [0, 0.05) is 23.6 Å². The van der Waals surface area contributed by atoms with Gasteiger partial charge in [-0.15, -0.1) is 0 Å². The van der Waals surface area contributed by atoms with E-state index in [0.29, 0.717) is 5.76 Å². The molecule has 1 fully saturated rings. The van der Waals surface area contributed by atoms with Gasteiger partial charge in [-0.2, -0.15) is 0 Å². The number of hydrogen-bond donors (Lipinski definition) is 1. The van der Waals surface area contributed by atoms with Crippen molar-refractivity contribution in [1.82, 2.24) is 0 Å². The number of carbonyl (C=O) groups is 2. The molecule has 0 amide bonds. The molecule has 1 saturated carbocycles. The molecule has 5 nitrogen and oxygen atoms in total. The lowest BCUT2D eigenvalue weighted by Gasteiger charge is -2.21. The second-order valence-electron chi connectivity index (χ2n) is 5.69. The van der Waals surface area contributed by atoms with Gasteiger partial charge in [0.25, 0.3) is 0 Å². The summed E-state index contributed by atoms with van der Waals surface area (Å²) in [6.07, 6.45) is 8.82. The Hall–Kier alpha value is -2.43. The number of rotatable bonds is 2. The van der Waals surface area contributed by atoms with E-state index in [-0.39, 0.29) is 17.3 Å². The Morgan fingerprint density at radius 2 is 1.73 bits per heavy atom. The molecule has 2 aliphatic carbocycles. The second-order valence-corrected chi connectivity index (χ2v) is 5.69. The first kappa shape index (κ1) is 14.5. The maximum Gasteiger partial charge on any atom is 0.227 e. The van der Waals surface area contributed by atoms with Crippen LogP contribution in [0.5, 0.6) is 5.75 Å². The molecule has 2 aliphatic rings. The third kappa shape index (κ3) is 2.66. The van der Waals surface area contributed by atoms with Crippen LogP contribution in [0.4, 0.5) is 0 Å². The zero-order valence-corrected chi connectivity index (χ0v) is 12.0. The lowest BCUT2D eigenvalue weighted by Crippen LogP contribution is -2.13. The van der Waals surface area contributed by atoms with Crippen molar-refractivity contribution in [1.29, 1.82) is 0 Å². The predicted molar refractivity (Wildman–Crippen MR) is 79.6 cm³/mol. The number of allylic oxidation sites excluding steroid dienone is 4. The molecule has 0 saturated heterocycles. The van der Waals surface area contributed by atoms with E-state index in [4.69, 9.17) is 4.42 Å². The average Bonchev–Trinajstić information content (AvgIpc) is 2.53. The van der Waals surface area contributed by atoms with E-state index in [1.807, 2.05) is 0 Å². The highest BCUT2D eigenvalue weighted by molar-refractivity contribution is 6.48. The van der Waals surface area contributed by atoms with Gasteiger partial charge in [0.15, 0.2) is 5.76 Å². The minimum atomic E-state index is -0.692. The maximum absolute atomic E-state index is 12.0. The van der Waals surface area contributed by atoms with E-state index in [2.05, 4.69) is 0 Å². The van der Waals surface area contributed by atoms with E-state index in [1.165, 1.54) is 18.6 Å². The molecule has 1 N–H and O–H groups in total.